The van der Waals surface area contributed by atoms with Crippen LogP contribution < -0.4 is 5.73 Å². The maximum Gasteiger partial charge on any atom is 0.295 e. The molecule has 0 saturated heterocycles. The van der Waals surface area contributed by atoms with Crippen LogP contribution in [0.4, 0.5) is 5.69 Å². The summed E-state index contributed by atoms with van der Waals surface area (Å²) in [4.78, 5) is 10.0. The van der Waals surface area contributed by atoms with Crippen molar-refractivity contribution in [3.8, 4) is 5.75 Å². The van der Waals surface area contributed by atoms with Gasteiger partial charge < -0.3 is 10.8 Å². The molecule has 0 amide bonds. The number of carbonyl (C=O) groups is 1. The van der Waals surface area contributed by atoms with E-state index in [1.165, 1.54) is 0 Å². The number of hydrogen-bond acceptors (Lipinski definition) is 7. The van der Waals surface area contributed by atoms with Crippen molar-refractivity contribution < 1.29 is 35.8 Å². The average Bonchev–Trinajstić information content (AvgIpc) is 2.50. The predicted molar refractivity (Wildman–Crippen MR) is 100 cm³/mol. The molecule has 0 spiro atoms. The van der Waals surface area contributed by atoms with Gasteiger partial charge in [-0.3, -0.25) is 13.9 Å². The highest BCUT2D eigenvalue weighted by atomic mass is 79.9. The van der Waals surface area contributed by atoms with E-state index in [1.54, 1.807) is 0 Å². The molecule has 2 aromatic rings. The van der Waals surface area contributed by atoms with Gasteiger partial charge in [0.15, 0.2) is 5.78 Å². The first-order valence-electron chi connectivity index (χ1n) is 6.57. The minimum Gasteiger partial charge on any atom is -0.507 e. The van der Waals surface area contributed by atoms with Crippen LogP contribution in [0.25, 0.3) is 10.8 Å². The van der Waals surface area contributed by atoms with Crippen LogP contribution in [0, 0.1) is 0 Å². The standard InChI is InChI=1S/C13H11Br2NO8S2/c14-4-7(15)13(18)11-9(26(22,23)24)2-5-1-6(25(19,20)21)3-8(17)10(5)12(11)16/h1-3,7,17H,4,16H2,(H,19,20,21)(H,22,23,24). The van der Waals surface area contributed by atoms with Crippen molar-refractivity contribution in [1.82, 2.24) is 0 Å². The van der Waals surface area contributed by atoms with Gasteiger partial charge in [0, 0.05) is 16.8 Å². The number of anilines is 1. The fraction of sp³-hybridized carbons (Fsp3) is 0.154. The van der Waals surface area contributed by atoms with Crippen LogP contribution in [0.2, 0.25) is 0 Å². The van der Waals surface area contributed by atoms with Gasteiger partial charge in [-0.05, 0) is 17.5 Å². The minimum absolute atomic E-state index is 0.0991. The number of aromatic hydroxyl groups is 1. The number of Topliss-reactive ketones (excluding diaryl/α,β-unsaturated/α-hetero) is 1. The molecule has 9 nitrogen and oxygen atoms in total. The summed E-state index contributed by atoms with van der Waals surface area (Å²) in [6, 6.07) is 2.34. The van der Waals surface area contributed by atoms with Crippen molar-refractivity contribution in [2.45, 2.75) is 14.6 Å². The van der Waals surface area contributed by atoms with Crippen molar-refractivity contribution in [3.05, 3.63) is 23.8 Å². The van der Waals surface area contributed by atoms with E-state index in [0.717, 1.165) is 12.1 Å². The van der Waals surface area contributed by atoms with Crippen LogP contribution in [0.3, 0.4) is 0 Å². The van der Waals surface area contributed by atoms with Gasteiger partial charge in [0.1, 0.15) is 10.6 Å². The Balaban J connectivity index is 3.04. The second-order valence-corrected chi connectivity index (χ2v) is 9.70. The molecule has 2 aromatic carbocycles. The van der Waals surface area contributed by atoms with Gasteiger partial charge in [0.2, 0.25) is 0 Å². The molecule has 0 aliphatic carbocycles. The summed E-state index contributed by atoms with van der Waals surface area (Å²) in [5.41, 5.74) is 4.84. The first kappa shape index (κ1) is 21.1. The van der Waals surface area contributed by atoms with E-state index in [9.17, 15) is 31.3 Å². The SMILES string of the molecule is Nc1c(C(=O)C(Br)CBr)c(S(=O)(=O)O)cc2cc(S(=O)(=O)O)cc(O)c12. The maximum absolute atomic E-state index is 12.5. The molecule has 1 atom stereocenters. The van der Waals surface area contributed by atoms with Crippen molar-refractivity contribution in [1.29, 1.82) is 0 Å². The zero-order chi connectivity index (χ0) is 20.0. The van der Waals surface area contributed by atoms with E-state index in [4.69, 9.17) is 10.3 Å². The summed E-state index contributed by atoms with van der Waals surface area (Å²) in [6.45, 7) is 0. The fourth-order valence-electron chi connectivity index (χ4n) is 2.33. The van der Waals surface area contributed by atoms with Crippen LogP contribution in [0.5, 0.6) is 5.75 Å². The summed E-state index contributed by atoms with van der Waals surface area (Å²) >= 11 is 6.07. The molecule has 5 N–H and O–H groups in total. The first-order valence-corrected chi connectivity index (χ1v) is 11.5. The number of ketones is 1. The molecule has 0 aliphatic rings. The van der Waals surface area contributed by atoms with Crippen molar-refractivity contribution >= 4 is 74.3 Å². The number of alkyl halides is 2. The molecule has 1 unspecified atom stereocenters. The number of phenolic OH excluding ortho intramolecular Hbond substituents is 1. The van der Waals surface area contributed by atoms with Gasteiger partial charge in [-0.25, -0.2) is 0 Å². The third kappa shape index (κ3) is 3.87. The van der Waals surface area contributed by atoms with Crippen molar-refractivity contribution in [2.24, 2.45) is 0 Å². The molecule has 13 heteroatoms. The van der Waals surface area contributed by atoms with Gasteiger partial charge in [0.25, 0.3) is 20.2 Å². The van der Waals surface area contributed by atoms with Crippen LogP contribution in [-0.2, 0) is 20.2 Å². The zero-order valence-corrected chi connectivity index (χ0v) is 17.4. The van der Waals surface area contributed by atoms with Crippen LogP contribution in [-0.4, -0.2) is 47.0 Å². The molecule has 142 valence electrons. The summed E-state index contributed by atoms with van der Waals surface area (Å²) in [7, 11) is -9.64. The summed E-state index contributed by atoms with van der Waals surface area (Å²) in [5.74, 6) is -1.49. The smallest absolute Gasteiger partial charge is 0.295 e. The minimum atomic E-state index is -4.93. The predicted octanol–water partition coefficient (Wildman–Crippen LogP) is 1.96. The Hall–Kier alpha value is -1.25. The highest BCUT2D eigenvalue weighted by Gasteiger charge is 2.30. The summed E-state index contributed by atoms with van der Waals surface area (Å²) in [5, 5.41) is 9.77. The molecule has 0 heterocycles. The number of benzene rings is 2. The van der Waals surface area contributed by atoms with Gasteiger partial charge in [-0.2, -0.15) is 16.8 Å². The number of carbonyl (C=O) groups excluding carboxylic acids is 1. The number of hydrogen-bond donors (Lipinski definition) is 4. The number of nitrogen functional groups attached to an aromatic ring is 1. The number of fused-ring (bicyclic) bond motifs is 1. The molecule has 0 saturated carbocycles. The third-order valence-electron chi connectivity index (χ3n) is 3.44. The van der Waals surface area contributed by atoms with E-state index in [-0.39, 0.29) is 16.1 Å². The van der Waals surface area contributed by atoms with Crippen LogP contribution in [0.1, 0.15) is 10.4 Å². The van der Waals surface area contributed by atoms with Crippen LogP contribution >= 0.6 is 31.9 Å². The second-order valence-electron chi connectivity index (χ2n) is 5.14. The number of phenols is 1. The fourth-order valence-corrected chi connectivity index (χ4v) is 4.14. The Labute approximate surface area is 164 Å². The molecule has 2 rings (SSSR count). The summed E-state index contributed by atoms with van der Waals surface area (Å²) < 4.78 is 64.6. The van der Waals surface area contributed by atoms with Gasteiger partial charge >= 0.3 is 0 Å². The molecular formula is C13H11Br2NO8S2. The lowest BCUT2D eigenvalue weighted by molar-refractivity contribution is 0.0995. The maximum atomic E-state index is 12.5. The van der Waals surface area contributed by atoms with E-state index >= 15 is 0 Å². The van der Waals surface area contributed by atoms with Gasteiger partial charge in [-0.15, -0.1) is 0 Å². The highest BCUT2D eigenvalue weighted by Crippen LogP contribution is 2.39. The largest absolute Gasteiger partial charge is 0.507 e. The van der Waals surface area contributed by atoms with Gasteiger partial charge in [0.05, 0.1) is 21.0 Å². The highest BCUT2D eigenvalue weighted by molar-refractivity contribution is 9.12. The quantitative estimate of drug-likeness (QED) is 0.194. The van der Waals surface area contributed by atoms with E-state index in [1.807, 2.05) is 0 Å². The van der Waals surface area contributed by atoms with E-state index < -0.39 is 57.6 Å². The van der Waals surface area contributed by atoms with Crippen molar-refractivity contribution in [2.75, 3.05) is 11.1 Å². The Morgan fingerprint density at radius 2 is 1.69 bits per heavy atom. The second kappa shape index (κ2) is 7.05. The topological polar surface area (TPSA) is 172 Å². The monoisotopic (exact) mass is 531 g/mol. The van der Waals surface area contributed by atoms with E-state index in [0.29, 0.717) is 6.07 Å². The lowest BCUT2D eigenvalue weighted by Crippen LogP contribution is -2.21. The van der Waals surface area contributed by atoms with Crippen LogP contribution in [0.15, 0.2) is 28.0 Å². The first-order chi connectivity index (χ1) is 11.8. The molecule has 0 fully saturated rings. The number of halogens is 2. The number of rotatable bonds is 5. The van der Waals surface area contributed by atoms with Crippen molar-refractivity contribution in [3.63, 3.8) is 0 Å². The Bertz CT molecular complexity index is 1130. The zero-order valence-electron chi connectivity index (χ0n) is 12.5. The third-order valence-corrected chi connectivity index (χ3v) is 7.40. The molecule has 0 aromatic heterocycles. The average molecular weight is 533 g/mol. The van der Waals surface area contributed by atoms with Gasteiger partial charge in [-0.1, -0.05) is 31.9 Å². The Morgan fingerprint density at radius 3 is 2.15 bits per heavy atom. The molecular weight excluding hydrogens is 522 g/mol. The molecule has 0 radical (unpaired) electrons. The number of nitrogens with two attached hydrogens (primary N) is 1. The Kier molecular flexibility index (Phi) is 5.71. The van der Waals surface area contributed by atoms with E-state index in [2.05, 4.69) is 31.9 Å². The Morgan fingerprint density at radius 1 is 1.12 bits per heavy atom. The molecule has 0 bridgehead atoms. The normalized spacial score (nSPS) is 13.7. The lowest BCUT2D eigenvalue weighted by Gasteiger charge is -2.16. The molecule has 26 heavy (non-hydrogen) atoms. The molecule has 0 aliphatic heterocycles. The summed E-state index contributed by atoms with van der Waals surface area (Å²) in [6.07, 6.45) is 0. The lowest BCUT2D eigenvalue weighted by atomic mass is 9.99.